The Kier molecular flexibility index (Phi) is 2.71. The van der Waals surface area contributed by atoms with Crippen LogP contribution in [0.15, 0.2) is 34.6 Å². The Hall–Kier alpha value is -1.31. The molecule has 0 heterocycles. The molecule has 2 N–H and O–H groups in total. The number of nitrogens with one attached hydrogen (secondary N) is 2. The van der Waals surface area contributed by atoms with Crippen molar-refractivity contribution in [2.24, 2.45) is 0 Å². The molecule has 0 atom stereocenters. The van der Waals surface area contributed by atoms with Crippen molar-refractivity contribution < 1.29 is 0 Å². The van der Waals surface area contributed by atoms with Crippen molar-refractivity contribution in [1.82, 2.24) is 5.32 Å². The van der Waals surface area contributed by atoms with Crippen molar-refractivity contribution in [3.05, 3.63) is 34.6 Å². The average Bonchev–Trinajstić information content (AvgIpc) is 2.01. The SMILES string of the molecule is CNC1=CC(=N)C=C(C)C1=C(C)C. The highest BCUT2D eigenvalue weighted by atomic mass is 14.8. The summed E-state index contributed by atoms with van der Waals surface area (Å²) in [6, 6.07) is 0. The lowest BCUT2D eigenvalue weighted by Gasteiger charge is -2.18. The van der Waals surface area contributed by atoms with Crippen LogP contribution in [0.4, 0.5) is 0 Å². The van der Waals surface area contributed by atoms with Crippen LogP contribution >= 0.6 is 0 Å². The van der Waals surface area contributed by atoms with Gasteiger partial charge in [-0.25, -0.2) is 0 Å². The van der Waals surface area contributed by atoms with Crippen LogP contribution in [-0.2, 0) is 0 Å². The minimum absolute atomic E-state index is 0.562. The maximum absolute atomic E-state index is 7.57. The summed E-state index contributed by atoms with van der Waals surface area (Å²) < 4.78 is 0. The molecule has 0 aromatic carbocycles. The van der Waals surface area contributed by atoms with E-state index in [1.807, 2.05) is 26.1 Å². The molecule has 0 amide bonds. The molecule has 0 saturated heterocycles. The minimum atomic E-state index is 0.562. The predicted molar refractivity (Wildman–Crippen MR) is 57.0 cm³/mol. The van der Waals surface area contributed by atoms with Crippen LogP contribution in [0.25, 0.3) is 0 Å². The lowest BCUT2D eigenvalue weighted by atomic mass is 9.93. The number of likely N-dealkylation sites (N-methyl/N-ethyl adjacent to an activating group) is 1. The summed E-state index contributed by atoms with van der Waals surface area (Å²) in [7, 11) is 1.89. The van der Waals surface area contributed by atoms with Gasteiger partial charge in [-0.3, -0.25) is 0 Å². The molecule has 0 aromatic rings. The lowest BCUT2D eigenvalue weighted by molar-refractivity contribution is 0.987. The number of hydrogen-bond donors (Lipinski definition) is 2. The molecule has 1 rings (SSSR count). The molecule has 0 unspecified atom stereocenters. The van der Waals surface area contributed by atoms with Crippen molar-refractivity contribution in [2.75, 3.05) is 7.05 Å². The van der Waals surface area contributed by atoms with E-state index in [1.165, 1.54) is 11.1 Å². The second-order valence-electron chi connectivity index (χ2n) is 3.47. The monoisotopic (exact) mass is 176 g/mol. The highest BCUT2D eigenvalue weighted by Crippen LogP contribution is 2.24. The summed E-state index contributed by atoms with van der Waals surface area (Å²) >= 11 is 0. The molecule has 70 valence electrons. The molecule has 0 radical (unpaired) electrons. The molecular weight excluding hydrogens is 160 g/mol. The third kappa shape index (κ3) is 1.89. The zero-order valence-electron chi connectivity index (χ0n) is 8.65. The molecule has 0 bridgehead atoms. The van der Waals surface area contributed by atoms with Crippen LogP contribution in [0.2, 0.25) is 0 Å². The van der Waals surface area contributed by atoms with E-state index in [0.717, 1.165) is 11.3 Å². The van der Waals surface area contributed by atoms with Gasteiger partial charge in [-0.15, -0.1) is 0 Å². The molecule has 0 spiro atoms. The predicted octanol–water partition coefficient (Wildman–Crippen LogP) is 2.41. The average molecular weight is 176 g/mol. The van der Waals surface area contributed by atoms with Crippen molar-refractivity contribution >= 4 is 5.71 Å². The van der Waals surface area contributed by atoms with Crippen molar-refractivity contribution in [3.8, 4) is 0 Å². The maximum Gasteiger partial charge on any atom is 0.0563 e. The first-order valence-corrected chi connectivity index (χ1v) is 4.40. The molecule has 0 aliphatic heterocycles. The second kappa shape index (κ2) is 3.60. The number of allylic oxidation sites excluding steroid dienone is 4. The molecule has 13 heavy (non-hydrogen) atoms. The zero-order chi connectivity index (χ0) is 10.0. The molecule has 2 nitrogen and oxygen atoms in total. The highest BCUT2D eigenvalue weighted by Gasteiger charge is 2.12. The quantitative estimate of drug-likeness (QED) is 0.632. The number of rotatable bonds is 1. The van der Waals surface area contributed by atoms with E-state index in [9.17, 15) is 0 Å². The third-order valence-electron chi connectivity index (χ3n) is 2.10. The highest BCUT2D eigenvalue weighted by molar-refractivity contribution is 6.05. The Bertz CT molecular complexity index is 326. The smallest absolute Gasteiger partial charge is 0.0563 e. The van der Waals surface area contributed by atoms with Crippen LogP contribution in [0.5, 0.6) is 0 Å². The van der Waals surface area contributed by atoms with Gasteiger partial charge in [0.1, 0.15) is 0 Å². The van der Waals surface area contributed by atoms with Crippen LogP contribution in [0.1, 0.15) is 20.8 Å². The Balaban J connectivity index is 3.22. The Labute approximate surface area is 79.5 Å². The molecule has 2 heteroatoms. The zero-order valence-corrected chi connectivity index (χ0v) is 8.65. The Morgan fingerprint density at radius 1 is 1.31 bits per heavy atom. The standard InChI is InChI=1S/C11H16N2/c1-7(2)11-8(3)5-9(12)6-10(11)13-4/h5-6,12-13H,1-4H3. The van der Waals surface area contributed by atoms with E-state index >= 15 is 0 Å². The molecule has 1 aliphatic carbocycles. The first-order valence-electron chi connectivity index (χ1n) is 4.40. The van der Waals surface area contributed by atoms with Gasteiger partial charge in [-0.2, -0.15) is 0 Å². The normalized spacial score (nSPS) is 16.6. The third-order valence-corrected chi connectivity index (χ3v) is 2.10. The second-order valence-corrected chi connectivity index (χ2v) is 3.47. The van der Waals surface area contributed by atoms with E-state index in [4.69, 9.17) is 5.41 Å². The van der Waals surface area contributed by atoms with Crippen molar-refractivity contribution in [2.45, 2.75) is 20.8 Å². The Morgan fingerprint density at radius 3 is 2.38 bits per heavy atom. The lowest BCUT2D eigenvalue weighted by Crippen LogP contribution is -2.15. The summed E-state index contributed by atoms with van der Waals surface area (Å²) in [5.74, 6) is 0. The van der Waals surface area contributed by atoms with E-state index < -0.39 is 0 Å². The summed E-state index contributed by atoms with van der Waals surface area (Å²) in [5, 5.41) is 10.7. The topological polar surface area (TPSA) is 35.9 Å². The molecule has 0 saturated carbocycles. The summed E-state index contributed by atoms with van der Waals surface area (Å²) in [6.07, 6.45) is 3.75. The summed E-state index contributed by atoms with van der Waals surface area (Å²) in [4.78, 5) is 0. The summed E-state index contributed by atoms with van der Waals surface area (Å²) in [6.45, 7) is 6.22. The van der Waals surface area contributed by atoms with E-state index in [2.05, 4.69) is 19.2 Å². The van der Waals surface area contributed by atoms with Gasteiger partial charge >= 0.3 is 0 Å². The fourth-order valence-corrected chi connectivity index (χ4v) is 1.65. The van der Waals surface area contributed by atoms with E-state index in [-0.39, 0.29) is 0 Å². The fourth-order valence-electron chi connectivity index (χ4n) is 1.65. The largest absolute Gasteiger partial charge is 0.388 e. The van der Waals surface area contributed by atoms with Gasteiger partial charge in [0.15, 0.2) is 0 Å². The first-order chi connectivity index (χ1) is 6.06. The molecular formula is C11H16N2. The van der Waals surface area contributed by atoms with Crippen LogP contribution in [-0.4, -0.2) is 12.8 Å². The first kappa shape index (κ1) is 9.78. The van der Waals surface area contributed by atoms with Crippen molar-refractivity contribution in [3.63, 3.8) is 0 Å². The molecule has 0 fully saturated rings. The van der Waals surface area contributed by atoms with Gasteiger partial charge < -0.3 is 10.7 Å². The van der Waals surface area contributed by atoms with E-state index in [0.29, 0.717) is 5.71 Å². The van der Waals surface area contributed by atoms with Gasteiger partial charge in [0.25, 0.3) is 0 Å². The minimum Gasteiger partial charge on any atom is -0.388 e. The maximum atomic E-state index is 7.57. The van der Waals surface area contributed by atoms with Gasteiger partial charge in [-0.1, -0.05) is 5.57 Å². The van der Waals surface area contributed by atoms with Gasteiger partial charge in [0.2, 0.25) is 0 Å². The van der Waals surface area contributed by atoms with Crippen LogP contribution in [0, 0.1) is 5.41 Å². The van der Waals surface area contributed by atoms with Gasteiger partial charge in [0, 0.05) is 12.7 Å². The fraction of sp³-hybridized carbons (Fsp3) is 0.364. The van der Waals surface area contributed by atoms with Crippen LogP contribution in [0.3, 0.4) is 0 Å². The summed E-state index contributed by atoms with van der Waals surface area (Å²) in [5.41, 5.74) is 5.29. The van der Waals surface area contributed by atoms with Gasteiger partial charge in [0.05, 0.1) is 5.71 Å². The van der Waals surface area contributed by atoms with Crippen LogP contribution < -0.4 is 5.32 Å². The number of hydrogen-bond acceptors (Lipinski definition) is 2. The Morgan fingerprint density at radius 2 is 1.92 bits per heavy atom. The van der Waals surface area contributed by atoms with Gasteiger partial charge in [-0.05, 0) is 44.1 Å². The molecule has 1 aliphatic rings. The van der Waals surface area contributed by atoms with E-state index in [1.54, 1.807) is 0 Å². The molecule has 0 aromatic heterocycles. The van der Waals surface area contributed by atoms with Crippen molar-refractivity contribution in [1.29, 1.82) is 5.41 Å².